The second kappa shape index (κ2) is 5.33. The van der Waals surface area contributed by atoms with E-state index in [0.717, 1.165) is 24.8 Å². The molecule has 0 aliphatic heterocycles. The summed E-state index contributed by atoms with van der Waals surface area (Å²) >= 11 is 0. The molecule has 1 fully saturated rings. The van der Waals surface area contributed by atoms with Gasteiger partial charge < -0.3 is 5.11 Å². The Labute approximate surface area is 134 Å². The SMILES string of the molecule is CC(C)C1=C2[C@H]3CC=C(CO)CC(=O)[C@]3(C)CC[C@@]2(C)CC1. The standard InChI is InChI=1S/C20H30O2/c1-13(2)15-7-8-19(3)9-10-20(4)16(18(15)19)6-5-14(12-21)11-17(20)22/h5,13,16,21H,6-12H2,1-4H3/t16-,19-,20-/m1/s1. The summed E-state index contributed by atoms with van der Waals surface area (Å²) in [5.74, 6) is 1.28. The molecule has 0 saturated heterocycles. The molecule has 3 rings (SSSR count). The van der Waals surface area contributed by atoms with Crippen LogP contribution in [0.3, 0.4) is 0 Å². The Hall–Kier alpha value is -0.890. The summed E-state index contributed by atoms with van der Waals surface area (Å²) in [7, 11) is 0. The van der Waals surface area contributed by atoms with Crippen molar-refractivity contribution < 1.29 is 9.90 Å². The number of ketones is 1. The van der Waals surface area contributed by atoms with Crippen LogP contribution in [0.2, 0.25) is 0 Å². The monoisotopic (exact) mass is 302 g/mol. The molecule has 122 valence electrons. The molecule has 1 saturated carbocycles. The quantitative estimate of drug-likeness (QED) is 0.766. The third-order valence-electron chi connectivity index (χ3n) is 6.82. The van der Waals surface area contributed by atoms with Crippen LogP contribution in [-0.4, -0.2) is 17.5 Å². The Bertz CT molecular complexity index is 554. The topological polar surface area (TPSA) is 37.3 Å². The summed E-state index contributed by atoms with van der Waals surface area (Å²) in [5.41, 5.74) is 4.23. The van der Waals surface area contributed by atoms with Crippen molar-refractivity contribution in [1.29, 1.82) is 0 Å². The van der Waals surface area contributed by atoms with Crippen LogP contribution in [0.5, 0.6) is 0 Å². The highest BCUT2D eigenvalue weighted by molar-refractivity contribution is 5.88. The molecule has 0 spiro atoms. The van der Waals surface area contributed by atoms with E-state index in [-0.39, 0.29) is 12.0 Å². The number of Topliss-reactive ketones (excluding diaryl/α,β-unsaturated/α-hetero) is 1. The number of hydrogen-bond acceptors (Lipinski definition) is 2. The van der Waals surface area contributed by atoms with Crippen molar-refractivity contribution in [2.24, 2.45) is 22.7 Å². The first kappa shape index (κ1) is 16.0. The first-order valence-corrected chi connectivity index (χ1v) is 8.87. The van der Waals surface area contributed by atoms with Gasteiger partial charge in [-0.15, -0.1) is 0 Å². The summed E-state index contributed by atoms with van der Waals surface area (Å²) in [6, 6.07) is 0. The van der Waals surface area contributed by atoms with E-state index in [9.17, 15) is 9.90 Å². The number of aliphatic hydroxyl groups excluding tert-OH is 1. The molecule has 3 aliphatic carbocycles. The molecule has 0 heterocycles. The highest BCUT2D eigenvalue weighted by Crippen LogP contribution is 2.62. The van der Waals surface area contributed by atoms with Crippen molar-refractivity contribution in [1.82, 2.24) is 0 Å². The molecule has 0 aromatic heterocycles. The molecule has 0 radical (unpaired) electrons. The molecule has 3 aliphatic rings. The van der Waals surface area contributed by atoms with E-state index >= 15 is 0 Å². The van der Waals surface area contributed by atoms with E-state index in [1.807, 2.05) is 0 Å². The lowest BCUT2D eigenvalue weighted by molar-refractivity contribution is -0.131. The van der Waals surface area contributed by atoms with Crippen LogP contribution in [0.15, 0.2) is 22.8 Å². The van der Waals surface area contributed by atoms with Crippen molar-refractivity contribution >= 4 is 5.78 Å². The fraction of sp³-hybridized carbons (Fsp3) is 0.750. The van der Waals surface area contributed by atoms with Gasteiger partial charge >= 0.3 is 0 Å². The molecule has 1 N–H and O–H groups in total. The van der Waals surface area contributed by atoms with Crippen molar-refractivity contribution in [3.63, 3.8) is 0 Å². The molecule has 0 amide bonds. The minimum Gasteiger partial charge on any atom is -0.392 e. The Morgan fingerprint density at radius 2 is 2.00 bits per heavy atom. The van der Waals surface area contributed by atoms with Crippen molar-refractivity contribution in [2.75, 3.05) is 6.61 Å². The van der Waals surface area contributed by atoms with Gasteiger partial charge in [-0.05, 0) is 54.9 Å². The van der Waals surface area contributed by atoms with Crippen LogP contribution in [0, 0.1) is 22.7 Å². The van der Waals surface area contributed by atoms with Gasteiger partial charge in [-0.25, -0.2) is 0 Å². The van der Waals surface area contributed by atoms with Gasteiger partial charge in [0.05, 0.1) is 6.61 Å². The average Bonchev–Trinajstić information content (AvgIpc) is 2.76. The van der Waals surface area contributed by atoms with Crippen LogP contribution < -0.4 is 0 Å². The van der Waals surface area contributed by atoms with Gasteiger partial charge in [-0.2, -0.15) is 0 Å². The molecule has 0 bridgehead atoms. The third kappa shape index (κ3) is 2.22. The third-order valence-corrected chi connectivity index (χ3v) is 6.82. The van der Waals surface area contributed by atoms with Crippen molar-refractivity contribution in [2.45, 2.75) is 66.2 Å². The number of carbonyl (C=O) groups excluding carboxylic acids is 1. The van der Waals surface area contributed by atoms with E-state index in [2.05, 4.69) is 33.8 Å². The zero-order chi connectivity index (χ0) is 16.1. The average molecular weight is 302 g/mol. The van der Waals surface area contributed by atoms with Crippen molar-refractivity contribution in [3.05, 3.63) is 22.8 Å². The normalized spacial score (nSPS) is 38.7. The van der Waals surface area contributed by atoms with Gasteiger partial charge in [0.2, 0.25) is 0 Å². The van der Waals surface area contributed by atoms with Crippen LogP contribution in [0.25, 0.3) is 0 Å². The van der Waals surface area contributed by atoms with Crippen LogP contribution >= 0.6 is 0 Å². The van der Waals surface area contributed by atoms with Crippen LogP contribution in [0.1, 0.15) is 66.2 Å². The van der Waals surface area contributed by atoms with Gasteiger partial charge in [0.1, 0.15) is 5.78 Å². The molecule has 2 nitrogen and oxygen atoms in total. The number of aliphatic hydroxyl groups is 1. The van der Waals surface area contributed by atoms with E-state index in [1.165, 1.54) is 12.8 Å². The summed E-state index contributed by atoms with van der Waals surface area (Å²) in [4.78, 5) is 12.9. The number of rotatable bonds is 2. The van der Waals surface area contributed by atoms with E-state index < -0.39 is 0 Å². The second-order valence-electron chi connectivity index (χ2n) is 8.48. The van der Waals surface area contributed by atoms with Crippen LogP contribution in [0.4, 0.5) is 0 Å². The maximum absolute atomic E-state index is 12.9. The predicted molar refractivity (Wildman–Crippen MR) is 89.4 cm³/mol. The van der Waals surface area contributed by atoms with Gasteiger partial charge in [0, 0.05) is 11.8 Å². The summed E-state index contributed by atoms with van der Waals surface area (Å²) in [5, 5.41) is 9.50. The van der Waals surface area contributed by atoms with Gasteiger partial charge in [-0.3, -0.25) is 4.79 Å². The molecule has 2 heteroatoms. The number of carbonyl (C=O) groups is 1. The molecular formula is C20H30O2. The zero-order valence-electron chi connectivity index (χ0n) is 14.5. The maximum atomic E-state index is 12.9. The van der Waals surface area contributed by atoms with Gasteiger partial charge in [-0.1, -0.05) is 44.9 Å². The molecule has 22 heavy (non-hydrogen) atoms. The summed E-state index contributed by atoms with van der Waals surface area (Å²) < 4.78 is 0. The number of fused-ring (bicyclic) bond motifs is 3. The highest BCUT2D eigenvalue weighted by Gasteiger charge is 2.54. The lowest BCUT2D eigenvalue weighted by Gasteiger charge is -2.48. The fourth-order valence-electron chi connectivity index (χ4n) is 5.20. The second-order valence-corrected chi connectivity index (χ2v) is 8.48. The minimum atomic E-state index is -0.229. The Kier molecular flexibility index (Phi) is 3.87. The highest BCUT2D eigenvalue weighted by atomic mass is 16.3. The molecule has 0 aromatic rings. The molecule has 0 aromatic carbocycles. The fourth-order valence-corrected chi connectivity index (χ4v) is 5.20. The largest absolute Gasteiger partial charge is 0.392 e. The van der Waals surface area contributed by atoms with E-state index in [1.54, 1.807) is 11.1 Å². The number of allylic oxidation sites excluding steroid dienone is 3. The van der Waals surface area contributed by atoms with E-state index in [0.29, 0.717) is 29.5 Å². The van der Waals surface area contributed by atoms with Gasteiger partial charge in [0.15, 0.2) is 0 Å². The Balaban J connectivity index is 2.11. The summed E-state index contributed by atoms with van der Waals surface area (Å²) in [6.45, 7) is 9.24. The lowest BCUT2D eigenvalue weighted by atomic mass is 9.54. The molecule has 0 unspecified atom stereocenters. The Morgan fingerprint density at radius 3 is 2.64 bits per heavy atom. The summed E-state index contributed by atoms with van der Waals surface area (Å²) in [6.07, 6.45) is 8.15. The van der Waals surface area contributed by atoms with E-state index in [4.69, 9.17) is 0 Å². The van der Waals surface area contributed by atoms with Crippen molar-refractivity contribution in [3.8, 4) is 0 Å². The minimum absolute atomic E-state index is 0.0297. The molecule has 3 atom stereocenters. The smallest absolute Gasteiger partial charge is 0.143 e. The maximum Gasteiger partial charge on any atom is 0.143 e. The van der Waals surface area contributed by atoms with Gasteiger partial charge in [0.25, 0.3) is 0 Å². The Morgan fingerprint density at radius 1 is 1.27 bits per heavy atom. The molecular weight excluding hydrogens is 272 g/mol. The zero-order valence-corrected chi connectivity index (χ0v) is 14.5. The van der Waals surface area contributed by atoms with Crippen LogP contribution in [-0.2, 0) is 4.79 Å². The predicted octanol–water partition coefficient (Wildman–Crippen LogP) is 4.44. The first-order chi connectivity index (χ1) is 10.3. The number of hydrogen-bond donors (Lipinski definition) is 1. The lowest BCUT2D eigenvalue weighted by Crippen LogP contribution is -2.44. The first-order valence-electron chi connectivity index (χ1n) is 8.87.